The summed E-state index contributed by atoms with van der Waals surface area (Å²) in [5.74, 6) is -0.0139. The standard InChI is InChI=1S/C20H22FNO4/c1-25-15-8-5-13(6-9-15)19(22-11-3-4-17(22)20(23)24)16-12-14(21)7-10-18(16)26-2/h5-10,12,17,19H,3-4,11H2,1-2H3,(H,23,24). The molecule has 2 unspecified atom stereocenters. The van der Waals surface area contributed by atoms with E-state index in [0.717, 1.165) is 12.0 Å². The third kappa shape index (κ3) is 3.51. The number of halogens is 1. The van der Waals surface area contributed by atoms with Crippen LogP contribution in [0.1, 0.15) is 30.0 Å². The summed E-state index contributed by atoms with van der Waals surface area (Å²) in [6.07, 6.45) is 1.35. The van der Waals surface area contributed by atoms with Crippen LogP contribution in [0.4, 0.5) is 4.39 Å². The number of benzene rings is 2. The zero-order chi connectivity index (χ0) is 18.7. The Kier molecular flexibility index (Phi) is 5.42. The van der Waals surface area contributed by atoms with E-state index in [1.54, 1.807) is 13.2 Å². The molecule has 3 rings (SSSR count). The van der Waals surface area contributed by atoms with Gasteiger partial charge in [-0.05, 0) is 48.7 Å². The Morgan fingerprint density at radius 3 is 2.54 bits per heavy atom. The van der Waals surface area contributed by atoms with E-state index < -0.39 is 18.1 Å². The Morgan fingerprint density at radius 2 is 1.92 bits per heavy atom. The molecule has 1 fully saturated rings. The highest BCUT2D eigenvalue weighted by Crippen LogP contribution is 2.39. The number of hydrogen-bond acceptors (Lipinski definition) is 4. The number of carboxylic acid groups (broad SMARTS) is 1. The molecule has 0 amide bonds. The first-order valence-corrected chi connectivity index (χ1v) is 8.51. The van der Waals surface area contributed by atoms with E-state index >= 15 is 0 Å². The Balaban J connectivity index is 2.12. The molecular formula is C20H22FNO4. The number of methoxy groups -OCH3 is 2. The van der Waals surface area contributed by atoms with Crippen molar-refractivity contribution in [3.63, 3.8) is 0 Å². The Bertz CT molecular complexity index is 778. The summed E-state index contributed by atoms with van der Waals surface area (Å²) in [6.45, 7) is 0.618. The monoisotopic (exact) mass is 359 g/mol. The molecule has 1 saturated heterocycles. The van der Waals surface area contributed by atoms with Gasteiger partial charge in [0.15, 0.2) is 0 Å². The topological polar surface area (TPSA) is 59.0 Å². The second kappa shape index (κ2) is 7.74. The molecule has 6 heteroatoms. The zero-order valence-electron chi connectivity index (χ0n) is 14.8. The molecule has 0 spiro atoms. The van der Waals surface area contributed by atoms with Crippen molar-refractivity contribution in [1.82, 2.24) is 4.90 Å². The summed E-state index contributed by atoms with van der Waals surface area (Å²) in [7, 11) is 3.11. The Labute approximate surface area is 152 Å². The number of carbonyl (C=O) groups is 1. The van der Waals surface area contributed by atoms with E-state index in [0.29, 0.717) is 30.0 Å². The van der Waals surface area contributed by atoms with Crippen molar-refractivity contribution >= 4 is 5.97 Å². The van der Waals surface area contributed by atoms with Gasteiger partial charge in [-0.3, -0.25) is 9.69 Å². The van der Waals surface area contributed by atoms with Gasteiger partial charge in [0.25, 0.3) is 0 Å². The van der Waals surface area contributed by atoms with Crippen LogP contribution in [0.2, 0.25) is 0 Å². The molecule has 0 bridgehead atoms. The number of ether oxygens (including phenoxy) is 2. The van der Waals surface area contributed by atoms with Crippen molar-refractivity contribution in [3.05, 3.63) is 59.4 Å². The molecule has 138 valence electrons. The molecule has 1 aliphatic rings. The van der Waals surface area contributed by atoms with Gasteiger partial charge in [-0.15, -0.1) is 0 Å². The maximum absolute atomic E-state index is 14.0. The fraction of sp³-hybridized carbons (Fsp3) is 0.350. The normalized spacial score (nSPS) is 18.5. The lowest BCUT2D eigenvalue weighted by Gasteiger charge is -2.33. The van der Waals surface area contributed by atoms with Crippen molar-refractivity contribution in [2.24, 2.45) is 0 Å². The van der Waals surface area contributed by atoms with Crippen molar-refractivity contribution in [3.8, 4) is 11.5 Å². The van der Waals surface area contributed by atoms with Gasteiger partial charge in [-0.25, -0.2) is 4.39 Å². The lowest BCUT2D eigenvalue weighted by Crippen LogP contribution is -2.39. The van der Waals surface area contributed by atoms with Gasteiger partial charge >= 0.3 is 5.97 Å². The summed E-state index contributed by atoms with van der Waals surface area (Å²) in [4.78, 5) is 13.6. The quantitative estimate of drug-likeness (QED) is 0.856. The molecule has 2 aromatic carbocycles. The third-order valence-corrected chi connectivity index (χ3v) is 4.83. The molecule has 0 saturated carbocycles. The van der Waals surface area contributed by atoms with E-state index in [9.17, 15) is 14.3 Å². The minimum absolute atomic E-state index is 0.384. The average molecular weight is 359 g/mol. The summed E-state index contributed by atoms with van der Waals surface area (Å²) >= 11 is 0. The second-order valence-electron chi connectivity index (χ2n) is 6.30. The molecule has 0 aromatic heterocycles. The predicted molar refractivity (Wildman–Crippen MR) is 95.2 cm³/mol. The van der Waals surface area contributed by atoms with E-state index in [-0.39, 0.29) is 5.82 Å². The van der Waals surface area contributed by atoms with Crippen LogP contribution < -0.4 is 9.47 Å². The van der Waals surface area contributed by atoms with Crippen molar-refractivity contribution in [2.45, 2.75) is 24.9 Å². The van der Waals surface area contributed by atoms with Gasteiger partial charge in [0.1, 0.15) is 23.4 Å². The lowest BCUT2D eigenvalue weighted by atomic mass is 9.95. The molecule has 0 radical (unpaired) electrons. The number of rotatable bonds is 6. The average Bonchev–Trinajstić information content (AvgIpc) is 3.12. The van der Waals surface area contributed by atoms with E-state index in [1.807, 2.05) is 29.2 Å². The molecule has 2 aromatic rings. The molecule has 5 nitrogen and oxygen atoms in total. The minimum atomic E-state index is -0.864. The van der Waals surface area contributed by atoms with Crippen LogP contribution in [0, 0.1) is 5.82 Å². The van der Waals surface area contributed by atoms with Crippen LogP contribution in [-0.4, -0.2) is 42.8 Å². The summed E-state index contributed by atoms with van der Waals surface area (Å²) in [5, 5.41) is 9.62. The SMILES string of the molecule is COc1ccc(C(c2cc(F)ccc2OC)N2CCCC2C(=O)O)cc1. The maximum atomic E-state index is 14.0. The van der Waals surface area contributed by atoms with Crippen molar-refractivity contribution < 1.29 is 23.8 Å². The number of hydrogen-bond donors (Lipinski definition) is 1. The molecule has 1 N–H and O–H groups in total. The maximum Gasteiger partial charge on any atom is 0.320 e. The molecule has 1 aliphatic heterocycles. The van der Waals surface area contributed by atoms with Crippen molar-refractivity contribution in [2.75, 3.05) is 20.8 Å². The number of nitrogens with zero attached hydrogens (tertiary/aromatic N) is 1. The second-order valence-corrected chi connectivity index (χ2v) is 6.30. The summed E-state index contributed by atoms with van der Waals surface area (Å²) in [6, 6.07) is 10.7. The molecule has 2 atom stereocenters. The van der Waals surface area contributed by atoms with Crippen LogP contribution in [-0.2, 0) is 4.79 Å². The highest BCUT2D eigenvalue weighted by Gasteiger charge is 2.38. The van der Waals surface area contributed by atoms with E-state index in [2.05, 4.69) is 0 Å². The van der Waals surface area contributed by atoms with Gasteiger partial charge in [-0.2, -0.15) is 0 Å². The minimum Gasteiger partial charge on any atom is -0.497 e. The Morgan fingerprint density at radius 1 is 1.19 bits per heavy atom. The smallest absolute Gasteiger partial charge is 0.320 e. The van der Waals surface area contributed by atoms with E-state index in [4.69, 9.17) is 9.47 Å². The molecule has 26 heavy (non-hydrogen) atoms. The van der Waals surface area contributed by atoms with Gasteiger partial charge in [0, 0.05) is 12.1 Å². The fourth-order valence-electron chi connectivity index (χ4n) is 3.62. The van der Waals surface area contributed by atoms with Crippen LogP contribution in [0.15, 0.2) is 42.5 Å². The van der Waals surface area contributed by atoms with E-state index in [1.165, 1.54) is 19.2 Å². The molecule has 0 aliphatic carbocycles. The summed E-state index contributed by atoms with van der Waals surface area (Å²) in [5.41, 5.74) is 1.48. The number of likely N-dealkylation sites (tertiary alicyclic amines) is 1. The van der Waals surface area contributed by atoms with Gasteiger partial charge in [0.05, 0.1) is 20.3 Å². The third-order valence-electron chi connectivity index (χ3n) is 4.83. The Hall–Kier alpha value is -2.60. The van der Waals surface area contributed by atoms with Gasteiger partial charge in [0.2, 0.25) is 0 Å². The van der Waals surface area contributed by atoms with Crippen LogP contribution in [0.25, 0.3) is 0 Å². The predicted octanol–water partition coefficient (Wildman–Crippen LogP) is 3.48. The number of aliphatic carboxylic acids is 1. The van der Waals surface area contributed by atoms with Crippen LogP contribution >= 0.6 is 0 Å². The van der Waals surface area contributed by atoms with Gasteiger partial charge < -0.3 is 14.6 Å². The van der Waals surface area contributed by atoms with Gasteiger partial charge in [-0.1, -0.05) is 12.1 Å². The lowest BCUT2D eigenvalue weighted by molar-refractivity contribution is -0.142. The van der Waals surface area contributed by atoms with Crippen LogP contribution in [0.5, 0.6) is 11.5 Å². The zero-order valence-corrected chi connectivity index (χ0v) is 14.8. The molecule has 1 heterocycles. The first-order valence-electron chi connectivity index (χ1n) is 8.51. The van der Waals surface area contributed by atoms with Crippen LogP contribution in [0.3, 0.4) is 0 Å². The highest BCUT2D eigenvalue weighted by atomic mass is 19.1. The highest BCUT2D eigenvalue weighted by molar-refractivity contribution is 5.74. The number of carboxylic acids is 1. The van der Waals surface area contributed by atoms with Crippen molar-refractivity contribution in [1.29, 1.82) is 0 Å². The first kappa shape index (κ1) is 18.2. The fourth-order valence-corrected chi connectivity index (χ4v) is 3.62. The largest absolute Gasteiger partial charge is 0.497 e. The summed E-state index contributed by atoms with van der Waals surface area (Å²) < 4.78 is 24.7. The molecular weight excluding hydrogens is 337 g/mol. The first-order chi connectivity index (χ1) is 12.5.